The van der Waals surface area contributed by atoms with E-state index in [1.807, 2.05) is 6.08 Å². The first-order valence-corrected chi connectivity index (χ1v) is 5.10. The Hall–Kier alpha value is -1.08. The summed E-state index contributed by atoms with van der Waals surface area (Å²) in [6.45, 7) is 6.63. The molecule has 1 aliphatic rings. The average Bonchev–Trinajstić information content (AvgIpc) is 2.19. The van der Waals surface area contributed by atoms with Crippen LogP contribution in [0.4, 0.5) is 0 Å². The van der Waals surface area contributed by atoms with Gasteiger partial charge < -0.3 is 4.74 Å². The van der Waals surface area contributed by atoms with E-state index in [9.17, 15) is 0 Å². The Labute approximate surface area is 85.4 Å². The fourth-order valence-corrected chi connectivity index (χ4v) is 1.94. The second-order valence-corrected chi connectivity index (χ2v) is 3.93. The largest absolute Gasteiger partial charge is 0.373 e. The number of rotatable bonds is 2. The normalized spacial score (nSPS) is 20.2. The monoisotopic (exact) mass is 188 g/mol. The van der Waals surface area contributed by atoms with Crippen molar-refractivity contribution in [3.63, 3.8) is 0 Å². The number of fused-ring (bicyclic) bond motifs is 1. The van der Waals surface area contributed by atoms with Crippen LogP contribution in [-0.2, 0) is 17.8 Å². The minimum absolute atomic E-state index is 0.336. The summed E-state index contributed by atoms with van der Waals surface area (Å²) in [5.74, 6) is 0. The maximum absolute atomic E-state index is 5.73. The van der Waals surface area contributed by atoms with E-state index < -0.39 is 0 Å². The van der Waals surface area contributed by atoms with Gasteiger partial charge in [0.2, 0.25) is 0 Å². The van der Waals surface area contributed by atoms with E-state index in [2.05, 4.69) is 31.7 Å². The van der Waals surface area contributed by atoms with Crippen LogP contribution in [0.1, 0.15) is 23.1 Å². The van der Waals surface area contributed by atoms with Crippen molar-refractivity contribution in [2.24, 2.45) is 0 Å². The zero-order chi connectivity index (χ0) is 9.97. The van der Waals surface area contributed by atoms with Gasteiger partial charge >= 0.3 is 0 Å². The van der Waals surface area contributed by atoms with E-state index in [0.29, 0.717) is 6.10 Å². The third-order valence-electron chi connectivity index (χ3n) is 2.71. The Morgan fingerprint density at radius 3 is 3.14 bits per heavy atom. The molecule has 14 heavy (non-hydrogen) atoms. The number of ether oxygens (including phenoxy) is 1. The first-order valence-electron chi connectivity index (χ1n) is 5.10. The van der Waals surface area contributed by atoms with Gasteiger partial charge in [0.1, 0.15) is 0 Å². The number of aryl methyl sites for hydroxylation is 1. The van der Waals surface area contributed by atoms with Crippen LogP contribution in [0.5, 0.6) is 0 Å². The summed E-state index contributed by atoms with van der Waals surface area (Å²) >= 11 is 0. The SMILES string of the molecule is C=CCC1Cc2ccc(C)cc2CO1. The molecule has 1 atom stereocenters. The first-order chi connectivity index (χ1) is 6.79. The molecule has 0 amide bonds. The smallest absolute Gasteiger partial charge is 0.0723 e. The van der Waals surface area contributed by atoms with E-state index in [1.54, 1.807) is 0 Å². The van der Waals surface area contributed by atoms with Crippen LogP contribution >= 0.6 is 0 Å². The van der Waals surface area contributed by atoms with Crippen LogP contribution in [0, 0.1) is 6.92 Å². The van der Waals surface area contributed by atoms with Gasteiger partial charge in [0, 0.05) is 0 Å². The molecule has 1 heterocycles. The van der Waals surface area contributed by atoms with Crippen molar-refractivity contribution in [2.45, 2.75) is 32.5 Å². The Kier molecular flexibility index (Phi) is 2.69. The Bertz CT molecular complexity index is 341. The highest BCUT2D eigenvalue weighted by molar-refractivity contribution is 5.32. The molecule has 0 bridgehead atoms. The van der Waals surface area contributed by atoms with Crippen LogP contribution in [0.2, 0.25) is 0 Å². The van der Waals surface area contributed by atoms with Gasteiger partial charge in [0.05, 0.1) is 12.7 Å². The molecule has 1 aromatic rings. The van der Waals surface area contributed by atoms with Crippen molar-refractivity contribution in [3.05, 3.63) is 47.5 Å². The maximum atomic E-state index is 5.73. The molecule has 1 unspecified atom stereocenters. The van der Waals surface area contributed by atoms with Crippen molar-refractivity contribution in [3.8, 4) is 0 Å². The van der Waals surface area contributed by atoms with Crippen molar-refractivity contribution >= 4 is 0 Å². The highest BCUT2D eigenvalue weighted by atomic mass is 16.5. The van der Waals surface area contributed by atoms with Crippen molar-refractivity contribution < 1.29 is 4.74 Å². The zero-order valence-corrected chi connectivity index (χ0v) is 8.62. The van der Waals surface area contributed by atoms with Gasteiger partial charge in [-0.05, 0) is 30.9 Å². The van der Waals surface area contributed by atoms with Crippen molar-refractivity contribution in [1.29, 1.82) is 0 Å². The lowest BCUT2D eigenvalue weighted by molar-refractivity contribution is 0.0307. The Morgan fingerprint density at radius 2 is 2.36 bits per heavy atom. The van der Waals surface area contributed by atoms with Crippen LogP contribution in [-0.4, -0.2) is 6.10 Å². The summed E-state index contributed by atoms with van der Waals surface area (Å²) in [7, 11) is 0. The molecule has 1 heteroatoms. The number of benzene rings is 1. The minimum atomic E-state index is 0.336. The number of hydrogen-bond acceptors (Lipinski definition) is 1. The van der Waals surface area contributed by atoms with Gasteiger partial charge in [0.25, 0.3) is 0 Å². The summed E-state index contributed by atoms with van der Waals surface area (Å²) in [5, 5.41) is 0. The van der Waals surface area contributed by atoms with Gasteiger partial charge in [-0.15, -0.1) is 6.58 Å². The summed E-state index contributed by atoms with van der Waals surface area (Å²) in [6.07, 6.45) is 4.25. The predicted molar refractivity (Wildman–Crippen MR) is 58.3 cm³/mol. The minimum Gasteiger partial charge on any atom is -0.373 e. The molecule has 1 nitrogen and oxygen atoms in total. The van der Waals surface area contributed by atoms with E-state index in [-0.39, 0.29) is 0 Å². The van der Waals surface area contributed by atoms with Crippen LogP contribution < -0.4 is 0 Å². The lowest BCUT2D eigenvalue weighted by Crippen LogP contribution is -2.21. The average molecular weight is 188 g/mol. The maximum Gasteiger partial charge on any atom is 0.0723 e. The first kappa shape index (κ1) is 9.47. The molecule has 2 rings (SSSR count). The van der Waals surface area contributed by atoms with Crippen LogP contribution in [0.25, 0.3) is 0 Å². The van der Waals surface area contributed by atoms with Gasteiger partial charge in [0.15, 0.2) is 0 Å². The summed E-state index contributed by atoms with van der Waals surface area (Å²) in [4.78, 5) is 0. The lowest BCUT2D eigenvalue weighted by atomic mass is 9.96. The van der Waals surface area contributed by atoms with Gasteiger partial charge in [-0.2, -0.15) is 0 Å². The van der Waals surface area contributed by atoms with E-state index >= 15 is 0 Å². The molecule has 0 saturated heterocycles. The fraction of sp³-hybridized carbons (Fsp3) is 0.385. The predicted octanol–water partition coefficient (Wildman–Crippen LogP) is 3.01. The van der Waals surface area contributed by atoms with Gasteiger partial charge in [-0.1, -0.05) is 29.8 Å². The molecule has 0 fully saturated rings. The van der Waals surface area contributed by atoms with E-state index in [0.717, 1.165) is 19.4 Å². The van der Waals surface area contributed by atoms with Crippen LogP contribution in [0.15, 0.2) is 30.9 Å². The molecule has 0 aliphatic carbocycles. The third-order valence-corrected chi connectivity index (χ3v) is 2.71. The van der Waals surface area contributed by atoms with Crippen molar-refractivity contribution in [2.75, 3.05) is 0 Å². The second kappa shape index (κ2) is 3.97. The molecule has 74 valence electrons. The standard InChI is InChI=1S/C13H16O/c1-3-4-13-8-11-6-5-10(2)7-12(11)9-14-13/h3,5-7,13H,1,4,8-9H2,2H3. The molecule has 0 radical (unpaired) electrons. The highest BCUT2D eigenvalue weighted by Gasteiger charge is 2.17. The highest BCUT2D eigenvalue weighted by Crippen LogP contribution is 2.23. The van der Waals surface area contributed by atoms with Gasteiger partial charge in [-0.3, -0.25) is 0 Å². The summed E-state index contributed by atoms with van der Waals surface area (Å²) in [6, 6.07) is 6.62. The van der Waals surface area contributed by atoms with E-state index in [1.165, 1.54) is 16.7 Å². The molecular formula is C13H16O. The summed E-state index contributed by atoms with van der Waals surface area (Å²) in [5.41, 5.74) is 4.11. The number of hydrogen-bond donors (Lipinski definition) is 0. The van der Waals surface area contributed by atoms with E-state index in [4.69, 9.17) is 4.74 Å². The molecular weight excluding hydrogens is 172 g/mol. The molecule has 0 spiro atoms. The molecule has 1 aliphatic heterocycles. The molecule has 0 saturated carbocycles. The quantitative estimate of drug-likeness (QED) is 0.648. The molecule has 1 aromatic carbocycles. The van der Waals surface area contributed by atoms with Gasteiger partial charge in [-0.25, -0.2) is 0 Å². The Balaban J connectivity index is 2.18. The third kappa shape index (κ3) is 1.88. The second-order valence-electron chi connectivity index (χ2n) is 3.93. The topological polar surface area (TPSA) is 9.23 Å². The molecule has 0 N–H and O–H groups in total. The fourth-order valence-electron chi connectivity index (χ4n) is 1.94. The Morgan fingerprint density at radius 1 is 1.50 bits per heavy atom. The zero-order valence-electron chi connectivity index (χ0n) is 8.62. The molecule has 0 aromatic heterocycles. The van der Waals surface area contributed by atoms with Crippen LogP contribution in [0.3, 0.4) is 0 Å². The van der Waals surface area contributed by atoms with Crippen molar-refractivity contribution in [1.82, 2.24) is 0 Å². The summed E-state index contributed by atoms with van der Waals surface area (Å²) < 4.78 is 5.73. The lowest BCUT2D eigenvalue weighted by Gasteiger charge is -2.24.